The molecule has 0 unspecified atom stereocenters. The zero-order valence-electron chi connectivity index (χ0n) is 11.8. The van der Waals surface area contributed by atoms with Gasteiger partial charge in [-0.3, -0.25) is 0 Å². The first kappa shape index (κ1) is 16.0. The van der Waals surface area contributed by atoms with E-state index >= 15 is 0 Å². The van der Waals surface area contributed by atoms with Crippen molar-refractivity contribution in [3.05, 3.63) is 52.0 Å². The van der Waals surface area contributed by atoms with Crippen LogP contribution in [0, 0.1) is 0 Å². The van der Waals surface area contributed by atoms with E-state index in [1.54, 1.807) is 0 Å². The molecule has 0 atom stereocenters. The molecule has 1 amide bonds. The molecule has 0 fully saturated rings. The molecule has 1 aromatic carbocycles. The second-order valence-corrected chi connectivity index (χ2v) is 5.67. The Kier molecular flexibility index (Phi) is 5.48. The lowest BCUT2D eigenvalue weighted by molar-refractivity contribution is 0.0691. The van der Waals surface area contributed by atoms with Gasteiger partial charge in [0.1, 0.15) is 5.01 Å². The fourth-order valence-electron chi connectivity index (χ4n) is 2.01. The minimum Gasteiger partial charge on any atom is -0.476 e. The molecule has 2 aromatic rings. The maximum atomic E-state index is 11.3. The van der Waals surface area contributed by atoms with Crippen LogP contribution in [0.3, 0.4) is 0 Å². The van der Waals surface area contributed by atoms with E-state index in [2.05, 4.69) is 4.98 Å². The minimum absolute atomic E-state index is 0.0466. The van der Waals surface area contributed by atoms with Crippen molar-refractivity contribution in [3.63, 3.8) is 0 Å². The maximum absolute atomic E-state index is 11.3. The first-order valence-electron chi connectivity index (χ1n) is 6.76. The highest BCUT2D eigenvalue weighted by molar-refractivity contribution is 7.09. The molecule has 0 spiro atoms. The van der Waals surface area contributed by atoms with Crippen LogP contribution in [-0.4, -0.2) is 38.7 Å². The van der Waals surface area contributed by atoms with Crippen LogP contribution in [0.2, 0.25) is 0 Å². The number of benzene rings is 1. The Morgan fingerprint density at radius 3 is 2.50 bits per heavy atom. The normalized spacial score (nSPS) is 10.4. The molecule has 0 saturated carbocycles. The summed E-state index contributed by atoms with van der Waals surface area (Å²) in [4.78, 5) is 27.2. The van der Waals surface area contributed by atoms with Crippen molar-refractivity contribution in [3.8, 4) is 0 Å². The number of thiazole rings is 1. The summed E-state index contributed by atoms with van der Waals surface area (Å²) < 4.78 is 0. The van der Waals surface area contributed by atoms with E-state index in [0.29, 0.717) is 18.0 Å². The number of carboxylic acids is 1. The van der Waals surface area contributed by atoms with Gasteiger partial charge in [0.05, 0.1) is 6.54 Å². The molecular formula is C15H16N2O4S. The fourth-order valence-corrected chi connectivity index (χ4v) is 2.79. The molecule has 7 heteroatoms. The summed E-state index contributed by atoms with van der Waals surface area (Å²) in [6.45, 7) is 0.494. The Morgan fingerprint density at radius 1 is 1.18 bits per heavy atom. The van der Waals surface area contributed by atoms with Crippen LogP contribution >= 0.6 is 11.3 Å². The summed E-state index contributed by atoms with van der Waals surface area (Å²) in [5.41, 5.74) is 1.12. The lowest BCUT2D eigenvalue weighted by atomic mass is 10.1. The number of carboxylic acid groups (broad SMARTS) is 2. The molecule has 0 saturated heterocycles. The van der Waals surface area contributed by atoms with Crippen molar-refractivity contribution in [1.29, 1.82) is 0 Å². The molecular weight excluding hydrogens is 304 g/mol. The van der Waals surface area contributed by atoms with Crippen LogP contribution in [0.25, 0.3) is 0 Å². The van der Waals surface area contributed by atoms with Crippen LogP contribution in [0.4, 0.5) is 4.79 Å². The third kappa shape index (κ3) is 4.56. The first-order chi connectivity index (χ1) is 10.6. The minimum atomic E-state index is -1.10. The topological polar surface area (TPSA) is 90.7 Å². The molecule has 0 radical (unpaired) electrons. The molecule has 2 rings (SSSR count). The number of amides is 1. The lowest BCUT2D eigenvalue weighted by Gasteiger charge is -2.17. The Bertz CT molecular complexity index is 642. The zero-order valence-corrected chi connectivity index (χ0v) is 12.6. The Labute approximate surface area is 131 Å². The predicted molar refractivity (Wildman–Crippen MR) is 82.3 cm³/mol. The number of nitrogens with zero attached hydrogens (tertiary/aromatic N) is 2. The van der Waals surface area contributed by atoms with Gasteiger partial charge in [0, 0.05) is 11.9 Å². The fraction of sp³-hybridized carbons (Fsp3) is 0.267. The van der Waals surface area contributed by atoms with Crippen molar-refractivity contribution in [2.75, 3.05) is 6.54 Å². The SMILES string of the molecule is O=C(O)c1csc(CN(CCCc2ccccc2)C(=O)O)n1. The summed E-state index contributed by atoms with van der Waals surface area (Å²) in [5.74, 6) is -1.10. The predicted octanol–water partition coefficient (Wildman–Crippen LogP) is 2.95. The standard InChI is InChI=1S/C15H16N2O4S/c18-14(19)12-10-22-13(16-12)9-17(15(20)21)8-4-7-11-5-2-1-3-6-11/h1-3,5-6,10H,4,7-9H2,(H,18,19)(H,20,21). The number of aromatic nitrogens is 1. The van der Waals surface area contributed by atoms with Gasteiger partial charge in [0.2, 0.25) is 0 Å². The lowest BCUT2D eigenvalue weighted by Crippen LogP contribution is -2.30. The summed E-state index contributed by atoms with van der Waals surface area (Å²) in [6.07, 6.45) is 0.469. The number of hydrogen-bond donors (Lipinski definition) is 2. The molecule has 2 N–H and O–H groups in total. The average Bonchev–Trinajstić information content (AvgIpc) is 2.96. The number of rotatable bonds is 7. The van der Waals surface area contributed by atoms with Crippen molar-refractivity contribution < 1.29 is 19.8 Å². The van der Waals surface area contributed by atoms with Crippen molar-refractivity contribution in [2.24, 2.45) is 0 Å². The number of carbonyl (C=O) groups is 2. The molecule has 0 aliphatic carbocycles. The molecule has 6 nitrogen and oxygen atoms in total. The van der Waals surface area contributed by atoms with Crippen LogP contribution in [0.5, 0.6) is 0 Å². The molecule has 116 valence electrons. The van der Waals surface area contributed by atoms with Gasteiger partial charge in [0.15, 0.2) is 5.69 Å². The van der Waals surface area contributed by atoms with Crippen LogP contribution < -0.4 is 0 Å². The van der Waals surface area contributed by atoms with E-state index in [1.165, 1.54) is 10.3 Å². The molecule has 1 heterocycles. The Hall–Kier alpha value is -2.41. The summed E-state index contributed by atoms with van der Waals surface area (Å²) in [7, 11) is 0. The quantitative estimate of drug-likeness (QED) is 0.818. The van der Waals surface area contributed by atoms with Crippen LogP contribution in [-0.2, 0) is 13.0 Å². The van der Waals surface area contributed by atoms with Crippen LogP contribution in [0.1, 0.15) is 27.5 Å². The first-order valence-corrected chi connectivity index (χ1v) is 7.63. The molecule has 22 heavy (non-hydrogen) atoms. The van der Waals surface area contributed by atoms with Crippen molar-refractivity contribution in [1.82, 2.24) is 9.88 Å². The van der Waals surface area contributed by atoms with Gasteiger partial charge in [-0.25, -0.2) is 14.6 Å². The van der Waals surface area contributed by atoms with Gasteiger partial charge in [-0.05, 0) is 18.4 Å². The maximum Gasteiger partial charge on any atom is 0.407 e. The van der Waals surface area contributed by atoms with E-state index in [1.807, 2.05) is 30.3 Å². The van der Waals surface area contributed by atoms with Crippen molar-refractivity contribution >= 4 is 23.4 Å². The van der Waals surface area contributed by atoms with E-state index in [9.17, 15) is 14.7 Å². The van der Waals surface area contributed by atoms with Crippen molar-refractivity contribution in [2.45, 2.75) is 19.4 Å². The number of aromatic carboxylic acids is 1. The largest absolute Gasteiger partial charge is 0.476 e. The number of aryl methyl sites for hydroxylation is 1. The highest BCUT2D eigenvalue weighted by Crippen LogP contribution is 2.13. The zero-order chi connectivity index (χ0) is 15.9. The summed E-state index contributed by atoms with van der Waals surface area (Å²) in [6, 6.07) is 9.85. The Morgan fingerprint density at radius 2 is 1.91 bits per heavy atom. The van der Waals surface area contributed by atoms with E-state index < -0.39 is 12.1 Å². The molecule has 1 aromatic heterocycles. The number of hydrogen-bond acceptors (Lipinski definition) is 4. The molecule has 0 aliphatic heterocycles. The van der Waals surface area contributed by atoms with E-state index in [0.717, 1.165) is 23.3 Å². The summed E-state index contributed by atoms with van der Waals surface area (Å²) >= 11 is 1.16. The second-order valence-electron chi connectivity index (χ2n) is 4.72. The monoisotopic (exact) mass is 320 g/mol. The average molecular weight is 320 g/mol. The van der Waals surface area contributed by atoms with Gasteiger partial charge in [0.25, 0.3) is 0 Å². The highest BCUT2D eigenvalue weighted by Gasteiger charge is 2.16. The van der Waals surface area contributed by atoms with Gasteiger partial charge in [-0.1, -0.05) is 30.3 Å². The van der Waals surface area contributed by atoms with E-state index in [4.69, 9.17) is 5.11 Å². The van der Waals surface area contributed by atoms with Gasteiger partial charge in [-0.2, -0.15) is 0 Å². The third-order valence-electron chi connectivity index (χ3n) is 3.10. The van der Waals surface area contributed by atoms with E-state index in [-0.39, 0.29) is 12.2 Å². The van der Waals surface area contributed by atoms with Crippen LogP contribution in [0.15, 0.2) is 35.7 Å². The highest BCUT2D eigenvalue weighted by atomic mass is 32.1. The smallest absolute Gasteiger partial charge is 0.407 e. The molecule has 0 bridgehead atoms. The van der Waals surface area contributed by atoms with Gasteiger partial charge >= 0.3 is 12.1 Å². The third-order valence-corrected chi connectivity index (χ3v) is 3.94. The Balaban J connectivity index is 1.89. The molecule has 0 aliphatic rings. The van der Waals surface area contributed by atoms with Gasteiger partial charge in [-0.15, -0.1) is 11.3 Å². The van der Waals surface area contributed by atoms with Gasteiger partial charge < -0.3 is 15.1 Å². The summed E-state index contributed by atoms with van der Waals surface area (Å²) in [5, 5.41) is 20.0. The second kappa shape index (κ2) is 7.56.